The molecule has 104 valence electrons. The highest BCUT2D eigenvalue weighted by Gasteiger charge is 2.03. The van der Waals surface area contributed by atoms with Crippen LogP contribution < -0.4 is 0 Å². The number of hydrogen-bond donors (Lipinski definition) is 0. The molecule has 0 N–H and O–H groups in total. The third kappa shape index (κ3) is 5.89. The molecule has 0 bridgehead atoms. The van der Waals surface area contributed by atoms with Gasteiger partial charge in [-0.3, -0.25) is 0 Å². The smallest absolute Gasteiger partial charge is 0.0622 e. The molecule has 0 aliphatic heterocycles. The molecule has 0 fully saturated rings. The maximum absolute atomic E-state index is 8.51. The van der Waals surface area contributed by atoms with Gasteiger partial charge >= 0.3 is 0 Å². The average Bonchev–Trinajstić information content (AvgIpc) is 2.45. The van der Waals surface area contributed by atoms with Crippen LogP contribution in [0.15, 0.2) is 24.3 Å². The molecule has 0 aliphatic rings. The first-order valence-electron chi connectivity index (χ1n) is 7.31. The van der Waals surface area contributed by atoms with E-state index in [4.69, 9.17) is 5.26 Å². The molecule has 0 aromatic heterocycles. The fourth-order valence-electron chi connectivity index (χ4n) is 2.11. The van der Waals surface area contributed by atoms with Gasteiger partial charge in [0.15, 0.2) is 0 Å². The van der Waals surface area contributed by atoms with Crippen molar-refractivity contribution in [1.29, 1.82) is 5.26 Å². The molecular formula is C17H26N2. The van der Waals surface area contributed by atoms with Gasteiger partial charge in [0.25, 0.3) is 0 Å². The van der Waals surface area contributed by atoms with E-state index >= 15 is 0 Å². The number of nitrogens with zero attached hydrogens (tertiary/aromatic N) is 2. The summed E-state index contributed by atoms with van der Waals surface area (Å²) >= 11 is 0. The summed E-state index contributed by atoms with van der Waals surface area (Å²) in [5.74, 6) is 0.655. The molecule has 0 aliphatic carbocycles. The van der Waals surface area contributed by atoms with Crippen LogP contribution in [-0.4, -0.2) is 25.0 Å². The van der Waals surface area contributed by atoms with Gasteiger partial charge in [0.05, 0.1) is 6.07 Å². The van der Waals surface area contributed by atoms with Crippen molar-refractivity contribution in [3.63, 3.8) is 0 Å². The van der Waals surface area contributed by atoms with E-state index in [0.29, 0.717) is 12.3 Å². The Morgan fingerprint density at radius 1 is 1.21 bits per heavy atom. The first-order chi connectivity index (χ1) is 9.17. The third-order valence-corrected chi connectivity index (χ3v) is 3.77. The summed E-state index contributed by atoms with van der Waals surface area (Å²) in [4.78, 5) is 2.31. The van der Waals surface area contributed by atoms with Gasteiger partial charge in [-0.25, -0.2) is 0 Å². The van der Waals surface area contributed by atoms with Gasteiger partial charge in [-0.15, -0.1) is 0 Å². The highest BCUT2D eigenvalue weighted by Crippen LogP contribution is 2.18. The third-order valence-electron chi connectivity index (χ3n) is 3.77. The highest BCUT2D eigenvalue weighted by molar-refractivity contribution is 5.25. The SMILES string of the molecule is CCC(C)c1ccc(CCN(C)CCCC#N)cc1. The van der Waals surface area contributed by atoms with Crippen molar-refractivity contribution in [3.8, 4) is 6.07 Å². The van der Waals surface area contributed by atoms with Crippen LogP contribution in [0.1, 0.15) is 50.2 Å². The molecule has 0 saturated carbocycles. The minimum Gasteiger partial charge on any atom is -0.306 e. The Morgan fingerprint density at radius 2 is 1.89 bits per heavy atom. The molecule has 0 heterocycles. The van der Waals surface area contributed by atoms with Crippen LogP contribution in [0.3, 0.4) is 0 Å². The zero-order valence-corrected chi connectivity index (χ0v) is 12.5. The largest absolute Gasteiger partial charge is 0.306 e. The van der Waals surface area contributed by atoms with E-state index in [1.54, 1.807) is 0 Å². The Bertz CT molecular complexity index is 389. The number of unbranched alkanes of at least 4 members (excludes halogenated alkanes) is 1. The molecule has 1 aromatic rings. The van der Waals surface area contributed by atoms with Crippen LogP contribution in [0.25, 0.3) is 0 Å². The van der Waals surface area contributed by atoms with Gasteiger partial charge in [-0.2, -0.15) is 5.26 Å². The topological polar surface area (TPSA) is 27.0 Å². The van der Waals surface area contributed by atoms with E-state index < -0.39 is 0 Å². The molecular weight excluding hydrogens is 232 g/mol. The van der Waals surface area contributed by atoms with Gasteiger partial charge in [-0.05, 0) is 49.9 Å². The molecule has 2 heteroatoms. The first-order valence-corrected chi connectivity index (χ1v) is 7.31. The van der Waals surface area contributed by atoms with E-state index in [0.717, 1.165) is 25.9 Å². The van der Waals surface area contributed by atoms with Gasteiger partial charge in [-0.1, -0.05) is 38.1 Å². The van der Waals surface area contributed by atoms with Gasteiger partial charge < -0.3 is 4.90 Å². The molecule has 0 radical (unpaired) electrons. The Morgan fingerprint density at radius 3 is 2.47 bits per heavy atom. The van der Waals surface area contributed by atoms with Crippen LogP contribution in [0.5, 0.6) is 0 Å². The standard InChI is InChI=1S/C17H26N2/c1-4-15(2)17-9-7-16(8-10-17)11-14-19(3)13-6-5-12-18/h7-10,15H,4-6,11,13-14H2,1-3H3. The molecule has 0 amide bonds. The zero-order valence-electron chi connectivity index (χ0n) is 12.5. The number of rotatable bonds is 8. The predicted octanol–water partition coefficient (Wildman–Crippen LogP) is 3.98. The fourth-order valence-corrected chi connectivity index (χ4v) is 2.11. The first kappa shape index (κ1) is 15.7. The van der Waals surface area contributed by atoms with Crippen LogP contribution >= 0.6 is 0 Å². The number of likely N-dealkylation sites (N-methyl/N-ethyl adjacent to an activating group) is 1. The molecule has 1 aromatic carbocycles. The van der Waals surface area contributed by atoms with Crippen molar-refractivity contribution in [2.75, 3.05) is 20.1 Å². The van der Waals surface area contributed by atoms with E-state index in [-0.39, 0.29) is 0 Å². The van der Waals surface area contributed by atoms with Crippen molar-refractivity contribution in [2.45, 2.75) is 45.4 Å². The lowest BCUT2D eigenvalue weighted by atomic mass is 9.97. The normalized spacial score (nSPS) is 12.4. The van der Waals surface area contributed by atoms with Crippen molar-refractivity contribution in [2.24, 2.45) is 0 Å². The van der Waals surface area contributed by atoms with Crippen LogP contribution in [0.2, 0.25) is 0 Å². The van der Waals surface area contributed by atoms with Crippen molar-refractivity contribution < 1.29 is 0 Å². The molecule has 1 unspecified atom stereocenters. The summed E-state index contributed by atoms with van der Waals surface area (Å²) in [7, 11) is 2.13. The summed E-state index contributed by atoms with van der Waals surface area (Å²) < 4.78 is 0. The summed E-state index contributed by atoms with van der Waals surface area (Å²) in [5, 5.41) is 8.51. The Hall–Kier alpha value is -1.33. The Balaban J connectivity index is 2.35. The summed E-state index contributed by atoms with van der Waals surface area (Å²) in [6.45, 7) is 6.58. The monoisotopic (exact) mass is 258 g/mol. The molecule has 0 saturated heterocycles. The van der Waals surface area contributed by atoms with E-state index in [9.17, 15) is 0 Å². The summed E-state index contributed by atoms with van der Waals surface area (Å²) in [5.41, 5.74) is 2.84. The minimum atomic E-state index is 0.655. The maximum atomic E-state index is 8.51. The van der Waals surface area contributed by atoms with Crippen molar-refractivity contribution in [3.05, 3.63) is 35.4 Å². The lowest BCUT2D eigenvalue weighted by molar-refractivity contribution is 0.335. The second-order valence-corrected chi connectivity index (χ2v) is 5.37. The second kappa shape index (κ2) is 8.72. The predicted molar refractivity (Wildman–Crippen MR) is 81.2 cm³/mol. The average molecular weight is 258 g/mol. The number of benzene rings is 1. The van der Waals surface area contributed by atoms with Crippen LogP contribution in [-0.2, 0) is 6.42 Å². The number of nitriles is 1. The molecule has 0 spiro atoms. The van der Waals surface area contributed by atoms with Crippen LogP contribution in [0, 0.1) is 11.3 Å². The maximum Gasteiger partial charge on any atom is 0.0622 e. The Labute approximate surface area is 118 Å². The lowest BCUT2D eigenvalue weighted by Gasteiger charge is -2.16. The number of hydrogen-bond acceptors (Lipinski definition) is 2. The van der Waals surface area contributed by atoms with E-state index in [1.807, 2.05) is 0 Å². The van der Waals surface area contributed by atoms with Crippen molar-refractivity contribution in [1.82, 2.24) is 4.90 Å². The molecule has 2 nitrogen and oxygen atoms in total. The van der Waals surface area contributed by atoms with Crippen molar-refractivity contribution >= 4 is 0 Å². The zero-order chi connectivity index (χ0) is 14.1. The molecule has 1 atom stereocenters. The van der Waals surface area contributed by atoms with Gasteiger partial charge in [0, 0.05) is 13.0 Å². The molecule has 19 heavy (non-hydrogen) atoms. The molecule has 1 rings (SSSR count). The fraction of sp³-hybridized carbons (Fsp3) is 0.588. The highest BCUT2D eigenvalue weighted by atomic mass is 15.1. The summed E-state index contributed by atoms with van der Waals surface area (Å²) in [6, 6.07) is 11.2. The lowest BCUT2D eigenvalue weighted by Crippen LogP contribution is -2.22. The summed E-state index contributed by atoms with van der Waals surface area (Å²) in [6.07, 6.45) is 3.92. The second-order valence-electron chi connectivity index (χ2n) is 5.37. The Kier molecular flexibility index (Phi) is 7.22. The van der Waals surface area contributed by atoms with Gasteiger partial charge in [0.1, 0.15) is 0 Å². The quantitative estimate of drug-likeness (QED) is 0.659. The van der Waals surface area contributed by atoms with E-state index in [1.165, 1.54) is 17.5 Å². The van der Waals surface area contributed by atoms with Crippen LogP contribution in [0.4, 0.5) is 0 Å². The van der Waals surface area contributed by atoms with E-state index in [2.05, 4.69) is 56.1 Å². The van der Waals surface area contributed by atoms with Gasteiger partial charge in [0.2, 0.25) is 0 Å². The minimum absolute atomic E-state index is 0.655.